The van der Waals surface area contributed by atoms with Gasteiger partial charge in [-0.1, -0.05) is 15.9 Å². The predicted molar refractivity (Wildman–Crippen MR) is 90.3 cm³/mol. The number of hydrogen-bond donors (Lipinski definition) is 2. The van der Waals surface area contributed by atoms with Crippen molar-refractivity contribution in [1.82, 2.24) is 15.1 Å². The summed E-state index contributed by atoms with van der Waals surface area (Å²) in [5, 5.41) is 16.6. The molecule has 0 atom stereocenters. The highest BCUT2D eigenvalue weighted by atomic mass is 79.9. The molecule has 0 saturated carbocycles. The van der Waals surface area contributed by atoms with Crippen molar-refractivity contribution >= 4 is 15.9 Å². The first-order valence-electron chi connectivity index (χ1n) is 7.34. The molecule has 22 heavy (non-hydrogen) atoms. The fourth-order valence-corrected chi connectivity index (χ4v) is 2.55. The molecule has 2 rings (SSSR count). The Balaban J connectivity index is 1.99. The number of hydrogen-bond acceptors (Lipinski definition) is 4. The van der Waals surface area contributed by atoms with Crippen LogP contribution in [0, 0.1) is 13.8 Å². The van der Waals surface area contributed by atoms with Crippen molar-refractivity contribution in [1.29, 1.82) is 0 Å². The molecule has 1 heterocycles. The van der Waals surface area contributed by atoms with Crippen molar-refractivity contribution in [2.45, 2.75) is 20.4 Å². The van der Waals surface area contributed by atoms with E-state index in [4.69, 9.17) is 9.84 Å². The van der Waals surface area contributed by atoms with Crippen LogP contribution in [0.25, 0.3) is 5.69 Å². The standard InChI is InChI=1S/C16H22BrN3O2/c1-12-16(11-18-7-9-22-10-8-21)13(2)20(19-12)15-5-3-14(17)4-6-15/h3-6,18,21H,7-11H2,1-2H3. The fraction of sp³-hybridized carbons (Fsp3) is 0.438. The molecule has 1 aromatic heterocycles. The van der Waals surface area contributed by atoms with Crippen molar-refractivity contribution in [3.05, 3.63) is 45.7 Å². The van der Waals surface area contributed by atoms with E-state index in [9.17, 15) is 0 Å². The number of aliphatic hydroxyl groups is 1. The lowest BCUT2D eigenvalue weighted by Crippen LogP contribution is -2.20. The minimum absolute atomic E-state index is 0.0676. The summed E-state index contributed by atoms with van der Waals surface area (Å²) in [5.74, 6) is 0. The number of ether oxygens (including phenoxy) is 1. The molecule has 2 aromatic rings. The lowest BCUT2D eigenvalue weighted by Gasteiger charge is -2.07. The van der Waals surface area contributed by atoms with Gasteiger partial charge in [0.2, 0.25) is 0 Å². The molecule has 5 nitrogen and oxygen atoms in total. The van der Waals surface area contributed by atoms with Crippen molar-refractivity contribution in [2.75, 3.05) is 26.4 Å². The van der Waals surface area contributed by atoms with Crippen molar-refractivity contribution in [2.24, 2.45) is 0 Å². The lowest BCUT2D eigenvalue weighted by atomic mass is 10.2. The van der Waals surface area contributed by atoms with Gasteiger partial charge in [0, 0.05) is 28.8 Å². The lowest BCUT2D eigenvalue weighted by molar-refractivity contribution is 0.0938. The number of nitrogens with one attached hydrogen (secondary N) is 1. The third kappa shape index (κ3) is 4.39. The summed E-state index contributed by atoms with van der Waals surface area (Å²) in [6, 6.07) is 8.12. The van der Waals surface area contributed by atoms with Crippen LogP contribution in [0.15, 0.2) is 28.7 Å². The van der Waals surface area contributed by atoms with E-state index in [1.807, 2.05) is 35.9 Å². The van der Waals surface area contributed by atoms with Crippen LogP contribution >= 0.6 is 15.9 Å². The van der Waals surface area contributed by atoms with E-state index >= 15 is 0 Å². The first kappa shape index (κ1) is 17.1. The molecule has 0 radical (unpaired) electrons. The first-order chi connectivity index (χ1) is 10.6. The largest absolute Gasteiger partial charge is 0.394 e. The zero-order valence-electron chi connectivity index (χ0n) is 13.0. The molecule has 0 aliphatic carbocycles. The highest BCUT2D eigenvalue weighted by Crippen LogP contribution is 2.19. The molecule has 120 valence electrons. The minimum Gasteiger partial charge on any atom is -0.394 e. The van der Waals surface area contributed by atoms with Gasteiger partial charge in [-0.3, -0.25) is 0 Å². The Hall–Kier alpha value is -1.21. The van der Waals surface area contributed by atoms with E-state index in [1.54, 1.807) is 0 Å². The van der Waals surface area contributed by atoms with Gasteiger partial charge in [0.25, 0.3) is 0 Å². The SMILES string of the molecule is Cc1nn(-c2ccc(Br)cc2)c(C)c1CNCCOCCO. The van der Waals surface area contributed by atoms with Crippen LogP contribution in [0.3, 0.4) is 0 Å². The summed E-state index contributed by atoms with van der Waals surface area (Å²) in [5.41, 5.74) is 4.44. The van der Waals surface area contributed by atoms with Gasteiger partial charge >= 0.3 is 0 Å². The second-order valence-corrected chi connectivity index (χ2v) is 5.97. The quantitative estimate of drug-likeness (QED) is 0.703. The Labute approximate surface area is 139 Å². The van der Waals surface area contributed by atoms with Gasteiger partial charge in [-0.15, -0.1) is 0 Å². The molecule has 0 bridgehead atoms. The topological polar surface area (TPSA) is 59.3 Å². The Bertz CT molecular complexity index is 596. The van der Waals surface area contributed by atoms with Gasteiger partial charge in [-0.2, -0.15) is 5.10 Å². The van der Waals surface area contributed by atoms with Gasteiger partial charge in [0.1, 0.15) is 0 Å². The van der Waals surface area contributed by atoms with Crippen LogP contribution in [0.4, 0.5) is 0 Å². The molecular weight excluding hydrogens is 346 g/mol. The van der Waals surface area contributed by atoms with Crippen LogP contribution in [-0.2, 0) is 11.3 Å². The first-order valence-corrected chi connectivity index (χ1v) is 8.13. The summed E-state index contributed by atoms with van der Waals surface area (Å²) in [6.45, 7) is 6.68. The van der Waals surface area contributed by atoms with E-state index in [2.05, 4.69) is 33.3 Å². The second-order valence-electron chi connectivity index (χ2n) is 5.05. The Kier molecular flexibility index (Phi) is 6.57. The second kappa shape index (κ2) is 8.43. The monoisotopic (exact) mass is 367 g/mol. The van der Waals surface area contributed by atoms with E-state index in [0.717, 1.165) is 34.6 Å². The summed E-state index contributed by atoms with van der Waals surface area (Å²) in [4.78, 5) is 0. The summed E-state index contributed by atoms with van der Waals surface area (Å²) in [7, 11) is 0. The molecule has 0 unspecified atom stereocenters. The van der Waals surface area contributed by atoms with Crippen molar-refractivity contribution in [3.8, 4) is 5.69 Å². The summed E-state index contributed by atoms with van der Waals surface area (Å²) in [6.07, 6.45) is 0. The number of benzene rings is 1. The van der Waals surface area contributed by atoms with Crippen molar-refractivity contribution in [3.63, 3.8) is 0 Å². The number of halogens is 1. The van der Waals surface area contributed by atoms with Crippen LogP contribution in [0.2, 0.25) is 0 Å². The number of aryl methyl sites for hydroxylation is 1. The van der Waals surface area contributed by atoms with Gasteiger partial charge in [0.05, 0.1) is 31.2 Å². The van der Waals surface area contributed by atoms with Crippen LogP contribution in [0.5, 0.6) is 0 Å². The Morgan fingerprint density at radius 1 is 1.23 bits per heavy atom. The number of aromatic nitrogens is 2. The van der Waals surface area contributed by atoms with E-state index in [1.165, 1.54) is 5.56 Å². The number of aliphatic hydroxyl groups excluding tert-OH is 1. The van der Waals surface area contributed by atoms with Gasteiger partial charge < -0.3 is 15.2 Å². The molecule has 0 aliphatic rings. The minimum atomic E-state index is 0.0676. The van der Waals surface area contributed by atoms with Gasteiger partial charge in [-0.25, -0.2) is 4.68 Å². The zero-order chi connectivity index (χ0) is 15.9. The number of rotatable bonds is 8. The van der Waals surface area contributed by atoms with Crippen LogP contribution in [0.1, 0.15) is 17.0 Å². The molecule has 1 aromatic carbocycles. The Morgan fingerprint density at radius 3 is 2.64 bits per heavy atom. The summed E-state index contributed by atoms with van der Waals surface area (Å²) < 4.78 is 8.26. The highest BCUT2D eigenvalue weighted by molar-refractivity contribution is 9.10. The van der Waals surface area contributed by atoms with E-state index < -0.39 is 0 Å². The van der Waals surface area contributed by atoms with Gasteiger partial charge in [0.15, 0.2) is 0 Å². The third-order valence-corrected chi connectivity index (χ3v) is 4.00. The molecule has 0 spiro atoms. The van der Waals surface area contributed by atoms with Crippen LogP contribution in [-0.4, -0.2) is 41.3 Å². The molecule has 0 amide bonds. The van der Waals surface area contributed by atoms with Crippen LogP contribution < -0.4 is 5.32 Å². The Morgan fingerprint density at radius 2 is 1.95 bits per heavy atom. The average molecular weight is 368 g/mol. The fourth-order valence-electron chi connectivity index (χ4n) is 2.29. The molecule has 0 aliphatic heterocycles. The molecule has 0 fully saturated rings. The van der Waals surface area contributed by atoms with Gasteiger partial charge in [-0.05, 0) is 38.1 Å². The smallest absolute Gasteiger partial charge is 0.0698 e. The van der Waals surface area contributed by atoms with E-state index in [-0.39, 0.29) is 6.61 Å². The molecule has 2 N–H and O–H groups in total. The zero-order valence-corrected chi connectivity index (χ0v) is 14.6. The highest BCUT2D eigenvalue weighted by Gasteiger charge is 2.12. The summed E-state index contributed by atoms with van der Waals surface area (Å²) >= 11 is 3.45. The maximum atomic E-state index is 8.64. The maximum Gasteiger partial charge on any atom is 0.0698 e. The van der Waals surface area contributed by atoms with Crippen molar-refractivity contribution < 1.29 is 9.84 Å². The number of nitrogens with zero attached hydrogens (tertiary/aromatic N) is 2. The maximum absolute atomic E-state index is 8.64. The third-order valence-electron chi connectivity index (χ3n) is 3.47. The molecular formula is C16H22BrN3O2. The molecule has 6 heteroatoms. The normalized spacial score (nSPS) is 11.1. The molecule has 0 saturated heterocycles. The predicted octanol–water partition coefficient (Wildman–Crippen LogP) is 2.35. The average Bonchev–Trinajstić information content (AvgIpc) is 2.79. The van der Waals surface area contributed by atoms with E-state index in [0.29, 0.717) is 13.2 Å².